The second-order valence-corrected chi connectivity index (χ2v) is 7.06. The number of anilines is 1. The second kappa shape index (κ2) is 6.85. The van der Waals surface area contributed by atoms with Gasteiger partial charge in [0.2, 0.25) is 0 Å². The minimum absolute atomic E-state index is 0.129. The molecule has 3 N–H and O–H groups in total. The zero-order valence-corrected chi connectivity index (χ0v) is 13.1. The van der Waals surface area contributed by atoms with E-state index in [1.807, 2.05) is 20.8 Å². The summed E-state index contributed by atoms with van der Waals surface area (Å²) in [6, 6.07) is 6.13. The Kier molecular flexibility index (Phi) is 5.71. The van der Waals surface area contributed by atoms with Gasteiger partial charge in [0.05, 0.1) is 12.6 Å². The lowest BCUT2D eigenvalue weighted by molar-refractivity contribution is 0.162. The molecule has 5 nitrogen and oxygen atoms in total. The first kappa shape index (κ1) is 16.7. The van der Waals surface area contributed by atoms with Crippen molar-refractivity contribution < 1.29 is 14.1 Å². The Bertz CT molecular complexity index is 497. The standard InChI is InChI=1S/C14H22N2O3S/c1-14(2,3)12(9-17)16-13(18)15-10-6-5-7-11(8-10)20(4)19/h5-8,12,17H,9H2,1-4H3,(H2,15,16,18)/t12-,20?/m1/s1. The Morgan fingerprint density at radius 2 is 2.05 bits per heavy atom. The van der Waals surface area contributed by atoms with Gasteiger partial charge in [-0.05, 0) is 23.6 Å². The third-order valence-corrected chi connectivity index (χ3v) is 3.87. The van der Waals surface area contributed by atoms with Crippen LogP contribution in [-0.2, 0) is 10.8 Å². The Morgan fingerprint density at radius 1 is 1.40 bits per heavy atom. The van der Waals surface area contributed by atoms with Crippen LogP contribution in [-0.4, -0.2) is 34.3 Å². The maximum atomic E-state index is 11.9. The molecule has 112 valence electrons. The third-order valence-electron chi connectivity index (χ3n) is 2.96. The predicted octanol–water partition coefficient (Wildman–Crippen LogP) is 1.95. The van der Waals surface area contributed by atoms with E-state index in [1.165, 1.54) is 0 Å². The van der Waals surface area contributed by atoms with Crippen LogP contribution < -0.4 is 10.6 Å². The fraction of sp³-hybridized carbons (Fsp3) is 0.500. The largest absolute Gasteiger partial charge is 0.394 e. The number of aliphatic hydroxyl groups is 1. The molecule has 0 fully saturated rings. The number of carbonyl (C=O) groups is 1. The van der Waals surface area contributed by atoms with Gasteiger partial charge in [0.1, 0.15) is 0 Å². The first-order chi connectivity index (χ1) is 9.24. The highest BCUT2D eigenvalue weighted by Crippen LogP contribution is 2.19. The summed E-state index contributed by atoms with van der Waals surface area (Å²) in [4.78, 5) is 12.6. The summed E-state index contributed by atoms with van der Waals surface area (Å²) in [5.74, 6) is 0. The lowest BCUT2D eigenvalue weighted by Crippen LogP contribution is -2.47. The van der Waals surface area contributed by atoms with Crippen LogP contribution in [0.25, 0.3) is 0 Å². The fourth-order valence-corrected chi connectivity index (χ4v) is 2.18. The summed E-state index contributed by atoms with van der Waals surface area (Å²) < 4.78 is 11.4. The minimum Gasteiger partial charge on any atom is -0.394 e. The van der Waals surface area contributed by atoms with Gasteiger partial charge in [0, 0.05) is 27.6 Å². The number of hydrogen-bond acceptors (Lipinski definition) is 3. The van der Waals surface area contributed by atoms with Crippen LogP contribution in [0.1, 0.15) is 20.8 Å². The van der Waals surface area contributed by atoms with Crippen LogP contribution in [0.2, 0.25) is 0 Å². The van der Waals surface area contributed by atoms with Crippen molar-refractivity contribution in [1.82, 2.24) is 5.32 Å². The molecule has 0 saturated heterocycles. The molecule has 0 saturated carbocycles. The van der Waals surface area contributed by atoms with E-state index in [4.69, 9.17) is 0 Å². The van der Waals surface area contributed by atoms with Gasteiger partial charge in [-0.3, -0.25) is 4.21 Å². The number of benzene rings is 1. The maximum absolute atomic E-state index is 11.9. The van der Waals surface area contributed by atoms with E-state index >= 15 is 0 Å². The summed E-state index contributed by atoms with van der Waals surface area (Å²) >= 11 is 0. The fourth-order valence-electron chi connectivity index (χ4n) is 1.61. The smallest absolute Gasteiger partial charge is 0.319 e. The summed E-state index contributed by atoms with van der Waals surface area (Å²) in [6.45, 7) is 5.69. The molecule has 2 amide bonds. The van der Waals surface area contributed by atoms with Crippen molar-refractivity contribution in [3.63, 3.8) is 0 Å². The molecule has 1 rings (SSSR count). The number of carbonyl (C=O) groups excluding carboxylic acids is 1. The molecule has 0 radical (unpaired) electrons. The lowest BCUT2D eigenvalue weighted by atomic mass is 9.87. The van der Waals surface area contributed by atoms with Gasteiger partial charge in [0.15, 0.2) is 0 Å². The van der Waals surface area contributed by atoms with Gasteiger partial charge < -0.3 is 15.7 Å². The molecule has 1 aromatic carbocycles. The molecule has 1 aromatic rings. The molecule has 20 heavy (non-hydrogen) atoms. The van der Waals surface area contributed by atoms with Crippen LogP contribution in [0.5, 0.6) is 0 Å². The van der Waals surface area contributed by atoms with Crippen LogP contribution >= 0.6 is 0 Å². The minimum atomic E-state index is -1.09. The predicted molar refractivity (Wildman–Crippen MR) is 81.3 cm³/mol. The quantitative estimate of drug-likeness (QED) is 0.795. The number of nitrogens with one attached hydrogen (secondary N) is 2. The highest BCUT2D eigenvalue weighted by atomic mass is 32.2. The van der Waals surface area contributed by atoms with E-state index < -0.39 is 16.8 Å². The average Bonchev–Trinajstić information content (AvgIpc) is 2.34. The molecule has 2 atom stereocenters. The topological polar surface area (TPSA) is 78.4 Å². The molecule has 0 heterocycles. The van der Waals surface area contributed by atoms with E-state index in [0.29, 0.717) is 10.6 Å². The average molecular weight is 298 g/mol. The number of aliphatic hydroxyl groups excluding tert-OH is 1. The van der Waals surface area contributed by atoms with Crippen molar-refractivity contribution in [3.8, 4) is 0 Å². The van der Waals surface area contributed by atoms with E-state index in [0.717, 1.165) is 0 Å². The molecule has 0 aromatic heterocycles. The summed E-state index contributed by atoms with van der Waals surface area (Å²) in [7, 11) is -1.09. The van der Waals surface area contributed by atoms with Crippen molar-refractivity contribution in [1.29, 1.82) is 0 Å². The van der Waals surface area contributed by atoms with Crippen LogP contribution in [0, 0.1) is 5.41 Å². The molecule has 0 aliphatic carbocycles. The zero-order chi connectivity index (χ0) is 15.3. The number of amides is 2. The van der Waals surface area contributed by atoms with Gasteiger partial charge in [0.25, 0.3) is 0 Å². The van der Waals surface area contributed by atoms with Crippen molar-refractivity contribution in [2.45, 2.75) is 31.7 Å². The SMILES string of the molecule is CS(=O)c1cccc(NC(=O)N[C@H](CO)C(C)(C)C)c1. The van der Waals surface area contributed by atoms with Crippen LogP contribution in [0.15, 0.2) is 29.2 Å². The summed E-state index contributed by atoms with van der Waals surface area (Å²) in [5, 5.41) is 14.7. The molecule has 0 aliphatic rings. The number of hydrogen-bond donors (Lipinski definition) is 3. The van der Waals surface area contributed by atoms with Crippen molar-refractivity contribution in [3.05, 3.63) is 24.3 Å². The van der Waals surface area contributed by atoms with E-state index in [1.54, 1.807) is 30.5 Å². The van der Waals surface area contributed by atoms with E-state index in [9.17, 15) is 14.1 Å². The monoisotopic (exact) mass is 298 g/mol. The molecule has 0 spiro atoms. The zero-order valence-electron chi connectivity index (χ0n) is 12.3. The Morgan fingerprint density at radius 3 is 2.55 bits per heavy atom. The van der Waals surface area contributed by atoms with Gasteiger partial charge in [-0.25, -0.2) is 4.79 Å². The number of urea groups is 1. The molecule has 1 unspecified atom stereocenters. The first-order valence-corrected chi connectivity index (χ1v) is 7.91. The third kappa shape index (κ3) is 4.94. The van der Waals surface area contributed by atoms with Crippen LogP contribution in [0.3, 0.4) is 0 Å². The van der Waals surface area contributed by atoms with Gasteiger partial charge in [-0.15, -0.1) is 0 Å². The van der Waals surface area contributed by atoms with Gasteiger partial charge >= 0.3 is 6.03 Å². The number of rotatable bonds is 4. The lowest BCUT2D eigenvalue weighted by Gasteiger charge is -2.29. The Labute approximate surface area is 122 Å². The summed E-state index contributed by atoms with van der Waals surface area (Å²) in [5.41, 5.74) is 0.333. The normalized spacial score (nSPS) is 14.4. The van der Waals surface area contributed by atoms with Crippen molar-refractivity contribution in [2.24, 2.45) is 5.41 Å². The van der Waals surface area contributed by atoms with Gasteiger partial charge in [-0.1, -0.05) is 26.8 Å². The molecule has 0 aliphatic heterocycles. The van der Waals surface area contributed by atoms with Crippen molar-refractivity contribution >= 4 is 22.5 Å². The molecular weight excluding hydrogens is 276 g/mol. The van der Waals surface area contributed by atoms with E-state index in [-0.39, 0.29) is 18.1 Å². The van der Waals surface area contributed by atoms with Crippen molar-refractivity contribution in [2.75, 3.05) is 18.2 Å². The summed E-state index contributed by atoms with van der Waals surface area (Å²) in [6.07, 6.45) is 1.58. The Hall–Kier alpha value is -1.40. The maximum Gasteiger partial charge on any atom is 0.319 e. The van der Waals surface area contributed by atoms with Gasteiger partial charge in [-0.2, -0.15) is 0 Å². The first-order valence-electron chi connectivity index (χ1n) is 6.36. The highest BCUT2D eigenvalue weighted by Gasteiger charge is 2.25. The van der Waals surface area contributed by atoms with E-state index in [2.05, 4.69) is 10.6 Å². The Balaban J connectivity index is 2.71. The van der Waals surface area contributed by atoms with Crippen LogP contribution in [0.4, 0.5) is 10.5 Å². The highest BCUT2D eigenvalue weighted by molar-refractivity contribution is 7.84. The molecule has 6 heteroatoms. The second-order valence-electron chi connectivity index (χ2n) is 5.68. The molecule has 0 bridgehead atoms. The molecular formula is C14H22N2O3S.